The molecule has 1 aromatic carbocycles. The van der Waals surface area contributed by atoms with Gasteiger partial charge in [0.05, 0.1) is 18.6 Å². The number of fused-ring (bicyclic) bond motifs is 1. The Hall–Kier alpha value is -1.35. The fraction of sp³-hybridized carbons (Fsp3) is 0.500. The van der Waals surface area contributed by atoms with Gasteiger partial charge in [-0.3, -0.25) is 4.79 Å². The van der Waals surface area contributed by atoms with E-state index in [9.17, 15) is 9.90 Å². The maximum absolute atomic E-state index is 11.2. The molecule has 3 rings (SSSR count). The van der Waals surface area contributed by atoms with Gasteiger partial charge >= 0.3 is 5.97 Å². The molecule has 0 unspecified atom stereocenters. The SMILES string of the molecule is O=C(O)C1(Cc2ccc3c(c2)CCOC3)CC1. The second-order valence-electron chi connectivity index (χ2n) is 5.17. The van der Waals surface area contributed by atoms with Crippen molar-refractivity contribution in [2.75, 3.05) is 6.61 Å². The van der Waals surface area contributed by atoms with Crippen LogP contribution in [0.5, 0.6) is 0 Å². The standard InChI is InChI=1S/C14H16O3/c15-13(16)14(4-5-14)8-10-1-2-12-9-17-6-3-11(12)7-10/h1-2,7H,3-6,8-9H2,(H,15,16). The fourth-order valence-electron chi connectivity index (χ4n) is 2.53. The van der Waals surface area contributed by atoms with E-state index in [2.05, 4.69) is 18.2 Å². The summed E-state index contributed by atoms with van der Waals surface area (Å²) in [7, 11) is 0. The maximum atomic E-state index is 11.2. The summed E-state index contributed by atoms with van der Waals surface area (Å²) in [5.74, 6) is -0.640. The molecule has 0 atom stereocenters. The summed E-state index contributed by atoms with van der Waals surface area (Å²) in [6, 6.07) is 6.30. The molecule has 1 fully saturated rings. The molecular weight excluding hydrogens is 216 g/mol. The predicted molar refractivity (Wildman–Crippen MR) is 62.8 cm³/mol. The molecule has 1 aromatic rings. The highest BCUT2D eigenvalue weighted by Crippen LogP contribution is 2.48. The Morgan fingerprint density at radius 1 is 1.35 bits per heavy atom. The summed E-state index contributed by atoms with van der Waals surface area (Å²) < 4.78 is 5.39. The van der Waals surface area contributed by atoms with Gasteiger partial charge in [0, 0.05) is 0 Å². The van der Waals surface area contributed by atoms with Crippen molar-refractivity contribution >= 4 is 5.97 Å². The quantitative estimate of drug-likeness (QED) is 0.868. The average molecular weight is 232 g/mol. The largest absolute Gasteiger partial charge is 0.481 e. The normalized spacial score (nSPS) is 20.7. The fourth-order valence-corrected chi connectivity index (χ4v) is 2.53. The van der Waals surface area contributed by atoms with E-state index in [1.54, 1.807) is 0 Å². The van der Waals surface area contributed by atoms with Gasteiger partial charge in [0.2, 0.25) is 0 Å². The minimum Gasteiger partial charge on any atom is -0.481 e. The van der Waals surface area contributed by atoms with Crippen molar-refractivity contribution < 1.29 is 14.6 Å². The molecule has 0 bridgehead atoms. The summed E-state index contributed by atoms with van der Waals surface area (Å²) in [5, 5.41) is 9.18. The van der Waals surface area contributed by atoms with Crippen LogP contribution in [0.2, 0.25) is 0 Å². The second kappa shape index (κ2) is 3.84. The first-order valence-electron chi connectivity index (χ1n) is 6.11. The molecular formula is C14H16O3. The number of carboxylic acids is 1. The predicted octanol–water partition coefficient (Wildman–Crippen LogP) is 2.17. The van der Waals surface area contributed by atoms with Crippen LogP contribution < -0.4 is 0 Å². The first kappa shape index (κ1) is 10.8. The topological polar surface area (TPSA) is 46.5 Å². The van der Waals surface area contributed by atoms with Crippen LogP contribution in [-0.2, 0) is 29.0 Å². The van der Waals surface area contributed by atoms with E-state index in [4.69, 9.17) is 4.74 Å². The van der Waals surface area contributed by atoms with Crippen LogP contribution >= 0.6 is 0 Å². The van der Waals surface area contributed by atoms with Gasteiger partial charge in [-0.15, -0.1) is 0 Å². The number of carbonyl (C=O) groups is 1. The maximum Gasteiger partial charge on any atom is 0.309 e. The number of ether oxygens (including phenoxy) is 1. The smallest absolute Gasteiger partial charge is 0.309 e. The van der Waals surface area contributed by atoms with Gasteiger partial charge in [-0.2, -0.15) is 0 Å². The number of hydrogen-bond acceptors (Lipinski definition) is 2. The average Bonchev–Trinajstić information content (AvgIpc) is 3.10. The van der Waals surface area contributed by atoms with Gasteiger partial charge in [0.1, 0.15) is 0 Å². The third-order valence-corrected chi connectivity index (χ3v) is 3.89. The lowest BCUT2D eigenvalue weighted by Crippen LogP contribution is -2.18. The number of aliphatic carboxylic acids is 1. The zero-order valence-corrected chi connectivity index (χ0v) is 9.74. The molecule has 3 heteroatoms. The van der Waals surface area contributed by atoms with Crippen LogP contribution in [0.4, 0.5) is 0 Å². The number of benzene rings is 1. The monoisotopic (exact) mass is 232 g/mol. The van der Waals surface area contributed by atoms with Crippen molar-refractivity contribution in [1.29, 1.82) is 0 Å². The van der Waals surface area contributed by atoms with Crippen LogP contribution in [0.1, 0.15) is 29.5 Å². The van der Waals surface area contributed by atoms with Crippen molar-refractivity contribution in [2.45, 2.75) is 32.3 Å². The third kappa shape index (κ3) is 1.95. The van der Waals surface area contributed by atoms with Crippen molar-refractivity contribution in [3.63, 3.8) is 0 Å². The van der Waals surface area contributed by atoms with Gasteiger partial charge in [-0.25, -0.2) is 0 Å². The zero-order chi connectivity index (χ0) is 11.9. The van der Waals surface area contributed by atoms with Crippen LogP contribution in [0.3, 0.4) is 0 Å². The highest BCUT2D eigenvalue weighted by atomic mass is 16.5. The summed E-state index contributed by atoms with van der Waals surface area (Å²) in [6.07, 6.45) is 3.27. The first-order chi connectivity index (χ1) is 8.20. The Labute approximate surface area is 100 Å². The Kier molecular flexibility index (Phi) is 2.44. The van der Waals surface area contributed by atoms with Gasteiger partial charge in [0.25, 0.3) is 0 Å². The van der Waals surface area contributed by atoms with E-state index < -0.39 is 11.4 Å². The summed E-state index contributed by atoms with van der Waals surface area (Å²) in [6.45, 7) is 1.47. The highest BCUT2D eigenvalue weighted by Gasteiger charge is 2.49. The van der Waals surface area contributed by atoms with Gasteiger partial charge in [-0.05, 0) is 42.4 Å². The molecule has 0 amide bonds. The molecule has 1 N–H and O–H groups in total. The van der Waals surface area contributed by atoms with E-state index in [0.29, 0.717) is 13.0 Å². The van der Waals surface area contributed by atoms with E-state index in [-0.39, 0.29) is 0 Å². The summed E-state index contributed by atoms with van der Waals surface area (Å²) in [5.41, 5.74) is 3.28. The molecule has 90 valence electrons. The summed E-state index contributed by atoms with van der Waals surface area (Å²) in [4.78, 5) is 11.2. The molecule has 1 saturated carbocycles. The Morgan fingerprint density at radius 2 is 2.18 bits per heavy atom. The third-order valence-electron chi connectivity index (χ3n) is 3.89. The number of carboxylic acid groups (broad SMARTS) is 1. The van der Waals surface area contributed by atoms with Gasteiger partial charge in [-0.1, -0.05) is 18.2 Å². The number of rotatable bonds is 3. The lowest BCUT2D eigenvalue weighted by molar-refractivity contribution is -0.143. The second-order valence-corrected chi connectivity index (χ2v) is 5.17. The summed E-state index contributed by atoms with van der Waals surface area (Å²) >= 11 is 0. The Balaban J connectivity index is 1.82. The first-order valence-corrected chi connectivity index (χ1v) is 6.11. The molecule has 2 aliphatic rings. The molecule has 1 aliphatic heterocycles. The lowest BCUT2D eigenvalue weighted by atomic mass is 9.93. The van der Waals surface area contributed by atoms with Crippen molar-refractivity contribution in [1.82, 2.24) is 0 Å². The number of hydrogen-bond donors (Lipinski definition) is 1. The molecule has 1 aliphatic carbocycles. The van der Waals surface area contributed by atoms with Crippen molar-refractivity contribution in [3.05, 3.63) is 34.9 Å². The Morgan fingerprint density at radius 3 is 2.88 bits per heavy atom. The molecule has 0 spiro atoms. The highest BCUT2D eigenvalue weighted by molar-refractivity contribution is 5.78. The van der Waals surface area contributed by atoms with Gasteiger partial charge < -0.3 is 9.84 Å². The molecule has 0 aromatic heterocycles. The van der Waals surface area contributed by atoms with E-state index in [1.165, 1.54) is 11.1 Å². The van der Waals surface area contributed by atoms with Crippen molar-refractivity contribution in [2.24, 2.45) is 5.41 Å². The van der Waals surface area contributed by atoms with Crippen LogP contribution in [0, 0.1) is 5.41 Å². The molecule has 0 saturated heterocycles. The minimum absolute atomic E-state index is 0.459. The van der Waals surface area contributed by atoms with Crippen LogP contribution in [-0.4, -0.2) is 17.7 Å². The molecule has 0 radical (unpaired) electrons. The van der Waals surface area contributed by atoms with E-state index >= 15 is 0 Å². The Bertz CT molecular complexity index is 461. The van der Waals surface area contributed by atoms with E-state index in [0.717, 1.165) is 31.4 Å². The molecule has 3 nitrogen and oxygen atoms in total. The van der Waals surface area contributed by atoms with Crippen LogP contribution in [0.25, 0.3) is 0 Å². The lowest BCUT2D eigenvalue weighted by Gasteiger charge is -2.18. The van der Waals surface area contributed by atoms with Gasteiger partial charge in [0.15, 0.2) is 0 Å². The van der Waals surface area contributed by atoms with Crippen molar-refractivity contribution in [3.8, 4) is 0 Å². The van der Waals surface area contributed by atoms with E-state index in [1.807, 2.05) is 0 Å². The minimum atomic E-state index is -0.640. The molecule has 17 heavy (non-hydrogen) atoms. The zero-order valence-electron chi connectivity index (χ0n) is 9.74. The van der Waals surface area contributed by atoms with Crippen LogP contribution in [0.15, 0.2) is 18.2 Å². The molecule has 1 heterocycles.